The summed E-state index contributed by atoms with van der Waals surface area (Å²) >= 11 is 0. The summed E-state index contributed by atoms with van der Waals surface area (Å²) < 4.78 is 19.5. The fourth-order valence-corrected chi connectivity index (χ4v) is 5.53. The van der Waals surface area contributed by atoms with Crippen molar-refractivity contribution >= 4 is 27.5 Å². The predicted octanol–water partition coefficient (Wildman–Crippen LogP) is 7.00. The van der Waals surface area contributed by atoms with Gasteiger partial charge in [-0.05, 0) is 61.4 Å². The first-order valence-electron chi connectivity index (χ1n) is 11.4. The normalized spacial score (nSPS) is 25.7. The van der Waals surface area contributed by atoms with Crippen LogP contribution in [0.4, 0.5) is 0 Å². The number of ether oxygens (including phenoxy) is 2. The summed E-state index contributed by atoms with van der Waals surface area (Å²) in [7, 11) is 0. The molecule has 4 heteroatoms. The summed E-state index contributed by atoms with van der Waals surface area (Å²) in [5.41, 5.74) is 6.23. The molecule has 4 heterocycles. The Balaban J connectivity index is 1.52. The summed E-state index contributed by atoms with van der Waals surface area (Å²) in [6, 6.07) is 22.9. The van der Waals surface area contributed by atoms with Crippen LogP contribution in [0.15, 0.2) is 101 Å². The Bertz CT molecular complexity index is 1510. The van der Waals surface area contributed by atoms with Gasteiger partial charge in [0.05, 0.1) is 23.5 Å². The van der Waals surface area contributed by atoms with E-state index < -0.39 is 5.91 Å². The van der Waals surface area contributed by atoms with Crippen LogP contribution in [0.25, 0.3) is 27.5 Å². The van der Waals surface area contributed by atoms with Crippen molar-refractivity contribution in [2.24, 2.45) is 0 Å². The Morgan fingerprint density at radius 1 is 0.879 bits per heavy atom. The van der Waals surface area contributed by atoms with E-state index in [1.807, 2.05) is 31.2 Å². The smallest absolute Gasteiger partial charge is 0.324 e. The Morgan fingerprint density at radius 3 is 2.55 bits per heavy atom. The van der Waals surface area contributed by atoms with Crippen LogP contribution >= 0.6 is 0 Å². The van der Waals surface area contributed by atoms with E-state index >= 15 is 0 Å². The van der Waals surface area contributed by atoms with Crippen molar-refractivity contribution in [1.82, 2.24) is 4.90 Å². The fraction of sp³-hybridized carbons (Fsp3) is 0.172. The molecule has 0 N–H and O–H groups in total. The Labute approximate surface area is 192 Å². The maximum Gasteiger partial charge on any atom is 0.324 e. The van der Waals surface area contributed by atoms with Gasteiger partial charge < -0.3 is 18.8 Å². The van der Waals surface area contributed by atoms with E-state index in [2.05, 4.69) is 78.7 Å². The lowest BCUT2D eigenvalue weighted by molar-refractivity contribution is -0.318. The molecule has 0 bridgehead atoms. The fourth-order valence-electron chi connectivity index (χ4n) is 5.53. The lowest BCUT2D eigenvalue weighted by Gasteiger charge is -2.44. The summed E-state index contributed by atoms with van der Waals surface area (Å²) in [6.45, 7) is 4.05. The highest BCUT2D eigenvalue weighted by atomic mass is 16.7. The summed E-state index contributed by atoms with van der Waals surface area (Å²) in [5, 5.41) is 2.23. The monoisotopic (exact) mass is 433 g/mol. The molecule has 0 aliphatic carbocycles. The lowest BCUT2D eigenvalue weighted by Crippen LogP contribution is -2.47. The largest absolute Gasteiger partial charge is 0.456 e. The summed E-state index contributed by atoms with van der Waals surface area (Å²) in [5.74, 6) is -0.169. The van der Waals surface area contributed by atoms with Crippen LogP contribution in [0, 0.1) is 0 Å². The van der Waals surface area contributed by atoms with Gasteiger partial charge in [-0.2, -0.15) is 0 Å². The Morgan fingerprint density at radius 2 is 1.70 bits per heavy atom. The van der Waals surface area contributed by atoms with Crippen LogP contribution < -0.4 is 0 Å². The third-order valence-electron chi connectivity index (χ3n) is 6.83. The zero-order chi connectivity index (χ0) is 22.2. The Hall–Kier alpha value is -3.76. The molecule has 0 fully saturated rings. The third-order valence-corrected chi connectivity index (χ3v) is 6.83. The van der Waals surface area contributed by atoms with Gasteiger partial charge in [-0.1, -0.05) is 48.5 Å². The van der Waals surface area contributed by atoms with E-state index in [1.165, 1.54) is 11.1 Å². The van der Waals surface area contributed by atoms with E-state index in [9.17, 15) is 0 Å². The zero-order valence-corrected chi connectivity index (χ0v) is 18.5. The number of para-hydroxylation sites is 1. The minimum Gasteiger partial charge on any atom is -0.456 e. The van der Waals surface area contributed by atoms with Crippen molar-refractivity contribution in [2.75, 3.05) is 0 Å². The van der Waals surface area contributed by atoms with Gasteiger partial charge in [-0.25, -0.2) is 0 Å². The van der Waals surface area contributed by atoms with Crippen molar-refractivity contribution in [3.8, 4) is 0 Å². The quantitative estimate of drug-likeness (QED) is 0.324. The molecule has 1 aromatic heterocycles. The molecule has 0 saturated heterocycles. The van der Waals surface area contributed by atoms with E-state index in [-0.39, 0.29) is 12.1 Å². The average Bonchev–Trinajstić information content (AvgIpc) is 3.33. The van der Waals surface area contributed by atoms with Crippen molar-refractivity contribution in [3.63, 3.8) is 0 Å². The van der Waals surface area contributed by atoms with Gasteiger partial charge in [0, 0.05) is 22.5 Å². The van der Waals surface area contributed by atoms with Gasteiger partial charge in [0.2, 0.25) is 0 Å². The van der Waals surface area contributed by atoms with Crippen molar-refractivity contribution in [1.29, 1.82) is 0 Å². The van der Waals surface area contributed by atoms with E-state index in [0.29, 0.717) is 0 Å². The minimum atomic E-state index is -1.03. The van der Waals surface area contributed by atoms with Gasteiger partial charge >= 0.3 is 5.91 Å². The van der Waals surface area contributed by atoms with Gasteiger partial charge in [-0.15, -0.1) is 0 Å². The molecule has 162 valence electrons. The first kappa shape index (κ1) is 18.8. The second-order valence-electron chi connectivity index (χ2n) is 8.94. The van der Waals surface area contributed by atoms with Crippen LogP contribution in [0.5, 0.6) is 0 Å². The van der Waals surface area contributed by atoms with Gasteiger partial charge in [0.25, 0.3) is 0 Å². The van der Waals surface area contributed by atoms with Crippen LogP contribution in [0.3, 0.4) is 0 Å². The molecule has 3 unspecified atom stereocenters. The maximum atomic E-state index is 6.57. The first-order chi connectivity index (χ1) is 16.1. The van der Waals surface area contributed by atoms with Crippen LogP contribution in [0.2, 0.25) is 0 Å². The zero-order valence-electron chi connectivity index (χ0n) is 18.5. The molecule has 3 aliphatic heterocycles. The van der Waals surface area contributed by atoms with Crippen molar-refractivity contribution < 1.29 is 13.9 Å². The molecule has 4 nitrogen and oxygen atoms in total. The Kier molecular flexibility index (Phi) is 3.77. The molecule has 1 spiro atoms. The molecule has 7 rings (SSSR count). The number of fused-ring (bicyclic) bond motifs is 9. The van der Waals surface area contributed by atoms with E-state index in [1.54, 1.807) is 0 Å². The topological polar surface area (TPSA) is 34.8 Å². The molecular weight excluding hydrogens is 410 g/mol. The average molecular weight is 434 g/mol. The maximum absolute atomic E-state index is 6.57. The molecular formula is C29H23NO3. The molecule has 0 saturated carbocycles. The second kappa shape index (κ2) is 6.63. The third kappa shape index (κ3) is 2.55. The second-order valence-corrected chi connectivity index (χ2v) is 8.94. The highest BCUT2D eigenvalue weighted by Crippen LogP contribution is 2.56. The number of hydrogen-bond acceptors (Lipinski definition) is 4. The number of benzene rings is 3. The highest BCUT2D eigenvalue weighted by Gasteiger charge is 2.56. The summed E-state index contributed by atoms with van der Waals surface area (Å²) in [4.78, 5) is 2.18. The van der Waals surface area contributed by atoms with Crippen LogP contribution in [-0.4, -0.2) is 11.0 Å². The number of nitrogens with zero attached hydrogens (tertiary/aromatic N) is 1. The highest BCUT2D eigenvalue weighted by molar-refractivity contribution is 6.06. The van der Waals surface area contributed by atoms with Crippen molar-refractivity contribution in [2.45, 2.75) is 31.9 Å². The molecule has 4 aromatic rings. The number of rotatable bonds is 1. The number of hydrogen-bond donors (Lipinski definition) is 0. The number of allylic oxidation sites excluding steroid dienone is 3. The first-order valence-corrected chi connectivity index (χ1v) is 11.4. The van der Waals surface area contributed by atoms with Gasteiger partial charge in [0.1, 0.15) is 11.2 Å². The molecule has 3 aliphatic rings. The summed E-state index contributed by atoms with van der Waals surface area (Å²) in [6.07, 6.45) is 8.47. The van der Waals surface area contributed by atoms with Crippen LogP contribution in [-0.2, 0) is 15.4 Å². The van der Waals surface area contributed by atoms with Crippen molar-refractivity contribution in [3.05, 3.63) is 114 Å². The molecule has 3 atom stereocenters. The minimum absolute atomic E-state index is 0.0791. The number of furan rings is 1. The SMILES string of the molecule is CC1=CC(C)OC2(O1)c1ccc3c(oc4ccccc43)c1C1C=C(c3ccccc3)C=CN12. The molecule has 0 radical (unpaired) electrons. The lowest BCUT2D eigenvalue weighted by atomic mass is 9.95. The predicted molar refractivity (Wildman–Crippen MR) is 129 cm³/mol. The molecule has 0 amide bonds. The van der Waals surface area contributed by atoms with Gasteiger partial charge in [0.15, 0.2) is 0 Å². The van der Waals surface area contributed by atoms with Crippen LogP contribution in [0.1, 0.15) is 36.6 Å². The van der Waals surface area contributed by atoms with E-state index in [4.69, 9.17) is 13.9 Å². The molecule has 33 heavy (non-hydrogen) atoms. The van der Waals surface area contributed by atoms with E-state index in [0.717, 1.165) is 38.8 Å². The van der Waals surface area contributed by atoms with Gasteiger partial charge in [-0.3, -0.25) is 0 Å². The standard InChI is InChI=1S/C29H23NO3/c1-18-16-19(2)33-29(32-18)24-13-12-23-22-10-6-7-11-26(22)31-28(23)27(24)25-17-21(14-15-30(25)29)20-8-4-3-5-9-20/h3-18,25H,1-2H3. The molecule has 3 aromatic carbocycles.